The highest BCUT2D eigenvalue weighted by Gasteiger charge is 2.17. The Hall–Kier alpha value is -1.99. The van der Waals surface area contributed by atoms with Crippen LogP contribution in [0.5, 0.6) is 5.75 Å². The van der Waals surface area contributed by atoms with Gasteiger partial charge < -0.3 is 25.6 Å². The van der Waals surface area contributed by atoms with Crippen LogP contribution in [0.3, 0.4) is 0 Å². The van der Waals surface area contributed by atoms with Gasteiger partial charge in [0.25, 0.3) is 5.91 Å². The quantitative estimate of drug-likeness (QED) is 0.584. The summed E-state index contributed by atoms with van der Waals surface area (Å²) in [4.78, 5) is 20.8. The summed E-state index contributed by atoms with van der Waals surface area (Å²) in [6.45, 7) is 2.96. The van der Waals surface area contributed by atoms with Crippen LogP contribution in [0, 0.1) is 5.92 Å². The Labute approximate surface area is 172 Å². The molecule has 0 unspecified atom stereocenters. The molecule has 1 heterocycles. The number of hydrogen-bond acceptors (Lipinski definition) is 4. The van der Waals surface area contributed by atoms with Gasteiger partial charge in [0.15, 0.2) is 0 Å². The zero-order chi connectivity index (χ0) is 19.5. The second-order valence-corrected chi connectivity index (χ2v) is 7.12. The zero-order valence-electron chi connectivity index (χ0n) is 16.1. The number of carbonyl (C=O) groups excluding carboxylic acids is 1. The third kappa shape index (κ3) is 9.28. The van der Waals surface area contributed by atoms with Crippen molar-refractivity contribution in [2.45, 2.75) is 51.0 Å². The number of carbonyl (C=O) groups is 2. The summed E-state index contributed by atoms with van der Waals surface area (Å²) < 4.78 is 5.87. The summed E-state index contributed by atoms with van der Waals surface area (Å²) in [6.07, 6.45) is 6.52. The summed E-state index contributed by atoms with van der Waals surface area (Å²) >= 11 is 0. The van der Waals surface area contributed by atoms with Gasteiger partial charge in [-0.3, -0.25) is 4.79 Å². The molecule has 4 N–H and O–H groups in total. The molecule has 2 fully saturated rings. The Morgan fingerprint density at radius 3 is 2.14 bits per heavy atom. The van der Waals surface area contributed by atoms with Crippen molar-refractivity contribution in [2.75, 3.05) is 19.7 Å². The minimum absolute atomic E-state index is 0. The van der Waals surface area contributed by atoms with Crippen molar-refractivity contribution >= 4 is 24.5 Å². The first kappa shape index (κ1) is 24.0. The predicted octanol–water partition coefficient (Wildman–Crippen LogP) is 3.77. The normalized spacial score (nSPS) is 17.4. The average molecular weight is 415 g/mol. The van der Waals surface area contributed by atoms with Crippen molar-refractivity contribution in [3.63, 3.8) is 0 Å². The highest BCUT2D eigenvalue weighted by atomic mass is 35.5. The van der Waals surface area contributed by atoms with Gasteiger partial charge in [-0.2, -0.15) is 0 Å². The van der Waals surface area contributed by atoms with Gasteiger partial charge in [0.1, 0.15) is 5.75 Å². The van der Waals surface area contributed by atoms with Gasteiger partial charge in [-0.25, -0.2) is 4.79 Å². The number of halogens is 1. The van der Waals surface area contributed by atoms with E-state index in [0.29, 0.717) is 12.0 Å². The van der Waals surface area contributed by atoms with Crippen molar-refractivity contribution in [1.29, 1.82) is 0 Å². The predicted molar refractivity (Wildman–Crippen MR) is 110 cm³/mol. The first-order valence-corrected chi connectivity index (χ1v) is 9.71. The smallest absolute Gasteiger partial charge is 0.493 e. The van der Waals surface area contributed by atoms with Crippen molar-refractivity contribution < 1.29 is 24.5 Å². The lowest BCUT2D eigenvalue weighted by Gasteiger charge is -2.23. The van der Waals surface area contributed by atoms with Gasteiger partial charge in [-0.1, -0.05) is 19.3 Å². The third-order valence-electron chi connectivity index (χ3n) is 5.00. The molecule has 8 heteroatoms. The van der Waals surface area contributed by atoms with Crippen molar-refractivity contribution in [3.05, 3.63) is 29.8 Å². The minimum atomic E-state index is -1.83. The van der Waals surface area contributed by atoms with Crippen LogP contribution in [-0.4, -0.2) is 48.0 Å². The van der Waals surface area contributed by atoms with Gasteiger partial charge in [0.05, 0.1) is 6.61 Å². The Morgan fingerprint density at radius 2 is 1.57 bits per heavy atom. The van der Waals surface area contributed by atoms with Crippen LogP contribution >= 0.6 is 12.4 Å². The first-order valence-electron chi connectivity index (χ1n) is 9.71. The SMILES string of the molecule is Cl.O=C(NC1CCCCC1)c1ccc(OCC2CCNCC2)cc1.O=C(O)O. The maximum Gasteiger partial charge on any atom is 0.503 e. The number of rotatable bonds is 5. The molecule has 1 aliphatic carbocycles. The van der Waals surface area contributed by atoms with E-state index in [1.165, 1.54) is 32.1 Å². The highest BCUT2D eigenvalue weighted by molar-refractivity contribution is 5.94. The highest BCUT2D eigenvalue weighted by Crippen LogP contribution is 2.19. The fraction of sp³-hybridized carbons (Fsp3) is 0.600. The largest absolute Gasteiger partial charge is 0.503 e. The van der Waals surface area contributed by atoms with Crippen molar-refractivity contribution in [3.8, 4) is 5.75 Å². The van der Waals surface area contributed by atoms with Crippen LogP contribution in [0.4, 0.5) is 4.79 Å². The van der Waals surface area contributed by atoms with Crippen molar-refractivity contribution in [2.24, 2.45) is 5.92 Å². The van der Waals surface area contributed by atoms with E-state index in [1.54, 1.807) is 0 Å². The molecule has 158 valence electrons. The third-order valence-corrected chi connectivity index (χ3v) is 5.00. The van der Waals surface area contributed by atoms with Gasteiger partial charge in [0, 0.05) is 11.6 Å². The summed E-state index contributed by atoms with van der Waals surface area (Å²) in [5.74, 6) is 1.55. The first-order chi connectivity index (χ1) is 13.0. The summed E-state index contributed by atoms with van der Waals surface area (Å²) in [5.41, 5.74) is 0.727. The maximum atomic E-state index is 12.3. The lowest BCUT2D eigenvalue weighted by atomic mass is 9.95. The lowest BCUT2D eigenvalue weighted by molar-refractivity contribution is 0.0927. The summed E-state index contributed by atoms with van der Waals surface area (Å²) in [7, 11) is 0. The zero-order valence-corrected chi connectivity index (χ0v) is 16.9. The van der Waals surface area contributed by atoms with E-state index in [1.807, 2.05) is 24.3 Å². The fourth-order valence-corrected chi connectivity index (χ4v) is 3.48. The Bertz CT molecular complexity index is 581. The molecule has 1 aromatic carbocycles. The number of hydrogen-bond donors (Lipinski definition) is 4. The average Bonchev–Trinajstić information content (AvgIpc) is 2.68. The number of nitrogens with one attached hydrogen (secondary N) is 2. The molecule has 0 atom stereocenters. The van der Waals surface area contributed by atoms with Crippen LogP contribution in [-0.2, 0) is 0 Å². The standard InChI is InChI=1S/C19H28N2O2.CH2O3.ClH/c22-19(21-17-4-2-1-3-5-17)16-6-8-18(9-7-16)23-14-15-10-12-20-13-11-15;2-1(3)4;/h6-9,15,17,20H,1-5,10-14H2,(H,21,22);(H2,2,3,4);1H. The van der Waals surface area contributed by atoms with Gasteiger partial charge in [0.2, 0.25) is 0 Å². The molecular formula is C20H31ClN2O5. The molecule has 7 nitrogen and oxygen atoms in total. The van der Waals surface area contributed by atoms with E-state index in [0.717, 1.165) is 43.9 Å². The van der Waals surface area contributed by atoms with Crippen LogP contribution in [0.25, 0.3) is 0 Å². The van der Waals surface area contributed by atoms with Gasteiger partial charge >= 0.3 is 6.16 Å². The molecule has 2 aliphatic rings. The number of amides is 1. The molecule has 28 heavy (non-hydrogen) atoms. The second-order valence-electron chi connectivity index (χ2n) is 7.12. The topological polar surface area (TPSA) is 108 Å². The van der Waals surface area contributed by atoms with E-state index in [4.69, 9.17) is 19.7 Å². The second kappa shape index (κ2) is 13.2. The molecule has 0 aromatic heterocycles. The Balaban J connectivity index is 0.000000717. The fourth-order valence-electron chi connectivity index (χ4n) is 3.48. The minimum Gasteiger partial charge on any atom is -0.493 e. The monoisotopic (exact) mass is 414 g/mol. The molecule has 1 aliphatic heterocycles. The maximum absolute atomic E-state index is 12.3. The molecule has 1 saturated carbocycles. The Morgan fingerprint density at radius 1 is 1.00 bits per heavy atom. The van der Waals surface area contributed by atoms with Gasteiger partial charge in [-0.05, 0) is 69.0 Å². The molecule has 0 spiro atoms. The summed E-state index contributed by atoms with van der Waals surface area (Å²) in [6, 6.07) is 7.92. The molecular weight excluding hydrogens is 384 g/mol. The van der Waals surface area contributed by atoms with E-state index in [-0.39, 0.29) is 18.3 Å². The van der Waals surface area contributed by atoms with Crippen molar-refractivity contribution in [1.82, 2.24) is 10.6 Å². The summed E-state index contributed by atoms with van der Waals surface area (Å²) in [5, 5.41) is 20.5. The van der Waals surface area contributed by atoms with E-state index >= 15 is 0 Å². The van der Waals surface area contributed by atoms with Gasteiger partial charge in [-0.15, -0.1) is 12.4 Å². The Kier molecular flexibility index (Phi) is 11.4. The van der Waals surface area contributed by atoms with E-state index in [9.17, 15) is 4.79 Å². The molecule has 0 bridgehead atoms. The number of carboxylic acid groups (broad SMARTS) is 2. The van der Waals surface area contributed by atoms with Crippen LogP contribution in [0.15, 0.2) is 24.3 Å². The molecule has 0 radical (unpaired) electrons. The number of ether oxygens (including phenoxy) is 1. The molecule has 1 aromatic rings. The van der Waals surface area contributed by atoms with Crippen LogP contribution in [0.2, 0.25) is 0 Å². The number of piperidine rings is 1. The lowest BCUT2D eigenvalue weighted by Crippen LogP contribution is -2.36. The molecule has 1 amide bonds. The van der Waals surface area contributed by atoms with E-state index in [2.05, 4.69) is 10.6 Å². The number of benzene rings is 1. The van der Waals surface area contributed by atoms with E-state index < -0.39 is 6.16 Å². The molecule has 1 saturated heterocycles. The van der Waals surface area contributed by atoms with Crippen LogP contribution < -0.4 is 15.4 Å². The molecule has 3 rings (SSSR count). The van der Waals surface area contributed by atoms with Crippen LogP contribution in [0.1, 0.15) is 55.3 Å².